The van der Waals surface area contributed by atoms with Crippen LogP contribution in [0.25, 0.3) is 0 Å². The van der Waals surface area contributed by atoms with Crippen molar-refractivity contribution in [2.75, 3.05) is 28.7 Å². The molecule has 0 bridgehead atoms. The summed E-state index contributed by atoms with van der Waals surface area (Å²) in [5.74, 6) is 1.86. The molecular formula is C19H21N3O2S. The summed E-state index contributed by atoms with van der Waals surface area (Å²) < 4.78 is 0. The van der Waals surface area contributed by atoms with Crippen LogP contribution in [0.15, 0.2) is 54.6 Å². The minimum absolute atomic E-state index is 0.0217. The van der Waals surface area contributed by atoms with Crippen LogP contribution in [0.2, 0.25) is 0 Å². The summed E-state index contributed by atoms with van der Waals surface area (Å²) >= 11 is 1.87. The summed E-state index contributed by atoms with van der Waals surface area (Å²) in [5.41, 5.74) is 1.93. The highest BCUT2D eigenvalue weighted by atomic mass is 32.2. The van der Waals surface area contributed by atoms with Crippen molar-refractivity contribution < 1.29 is 9.59 Å². The molecule has 1 atom stereocenters. The van der Waals surface area contributed by atoms with E-state index in [1.165, 1.54) is 0 Å². The molecule has 1 saturated heterocycles. The average Bonchev–Trinajstić information content (AvgIpc) is 2.63. The molecule has 0 saturated carbocycles. The fourth-order valence-electron chi connectivity index (χ4n) is 2.65. The fourth-order valence-corrected chi connectivity index (χ4v) is 3.60. The van der Waals surface area contributed by atoms with Gasteiger partial charge in [-0.15, -0.1) is 0 Å². The van der Waals surface area contributed by atoms with E-state index in [4.69, 9.17) is 0 Å². The lowest BCUT2D eigenvalue weighted by molar-refractivity contribution is -0.116. The Morgan fingerprint density at radius 2 is 1.80 bits per heavy atom. The van der Waals surface area contributed by atoms with Crippen molar-refractivity contribution in [3.8, 4) is 0 Å². The van der Waals surface area contributed by atoms with Crippen LogP contribution in [-0.4, -0.2) is 35.9 Å². The molecule has 2 aromatic carbocycles. The van der Waals surface area contributed by atoms with Gasteiger partial charge in [0.15, 0.2) is 0 Å². The Hall–Kier alpha value is -2.31. The molecule has 0 aromatic heterocycles. The third-order valence-electron chi connectivity index (χ3n) is 3.87. The molecule has 0 aliphatic carbocycles. The van der Waals surface area contributed by atoms with Crippen molar-refractivity contribution >= 4 is 35.0 Å². The van der Waals surface area contributed by atoms with Crippen molar-refractivity contribution in [2.45, 2.75) is 12.5 Å². The van der Waals surface area contributed by atoms with E-state index in [0.29, 0.717) is 23.4 Å². The molecular weight excluding hydrogens is 334 g/mol. The Bertz CT molecular complexity index is 730. The minimum atomic E-state index is -0.174. The number of hydrogen-bond acceptors (Lipinski definition) is 4. The Morgan fingerprint density at radius 1 is 1.04 bits per heavy atom. The summed E-state index contributed by atoms with van der Waals surface area (Å²) in [6, 6.07) is 16.5. The second-order valence-corrected chi connectivity index (χ2v) is 7.03. The van der Waals surface area contributed by atoms with Gasteiger partial charge in [-0.25, -0.2) is 0 Å². The molecule has 3 N–H and O–H groups in total. The smallest absolute Gasteiger partial charge is 0.255 e. The lowest BCUT2D eigenvalue weighted by Gasteiger charge is -2.22. The molecule has 1 aliphatic heterocycles. The Labute approximate surface area is 151 Å². The summed E-state index contributed by atoms with van der Waals surface area (Å²) in [5, 5.41) is 9.10. The zero-order valence-electron chi connectivity index (χ0n) is 13.8. The Morgan fingerprint density at radius 3 is 2.52 bits per heavy atom. The highest BCUT2D eigenvalue weighted by Crippen LogP contribution is 2.17. The second kappa shape index (κ2) is 8.69. The van der Waals surface area contributed by atoms with Crippen molar-refractivity contribution in [1.29, 1.82) is 0 Å². The molecule has 5 nitrogen and oxygen atoms in total. The van der Waals surface area contributed by atoms with E-state index < -0.39 is 0 Å². The molecule has 1 heterocycles. The number of amides is 2. The molecule has 130 valence electrons. The van der Waals surface area contributed by atoms with Gasteiger partial charge in [0.2, 0.25) is 5.91 Å². The van der Waals surface area contributed by atoms with Gasteiger partial charge in [0.25, 0.3) is 5.91 Å². The van der Waals surface area contributed by atoms with E-state index in [9.17, 15) is 9.59 Å². The normalized spacial score (nSPS) is 16.9. The van der Waals surface area contributed by atoms with Crippen molar-refractivity contribution in [3.05, 3.63) is 60.2 Å². The number of nitrogens with one attached hydrogen (secondary N) is 3. The molecule has 6 heteroatoms. The summed E-state index contributed by atoms with van der Waals surface area (Å²) in [6.45, 7) is 0.948. The van der Waals surface area contributed by atoms with Crippen LogP contribution in [0.1, 0.15) is 16.8 Å². The van der Waals surface area contributed by atoms with Gasteiger partial charge in [0.05, 0.1) is 0 Å². The Kier molecular flexibility index (Phi) is 6.09. The van der Waals surface area contributed by atoms with E-state index in [0.717, 1.165) is 18.1 Å². The Balaban J connectivity index is 1.57. The van der Waals surface area contributed by atoms with E-state index in [2.05, 4.69) is 16.0 Å². The van der Waals surface area contributed by atoms with Crippen LogP contribution in [-0.2, 0) is 4.79 Å². The molecule has 1 fully saturated rings. The zero-order chi connectivity index (χ0) is 17.5. The van der Waals surface area contributed by atoms with E-state index in [1.54, 1.807) is 24.3 Å². The lowest BCUT2D eigenvalue weighted by Crippen LogP contribution is -2.39. The number of anilines is 2. The van der Waals surface area contributed by atoms with Crippen LogP contribution >= 0.6 is 11.8 Å². The number of carbonyl (C=O) groups excluding carboxylic acids is 2. The molecule has 0 spiro atoms. The SMILES string of the molecule is O=C(CC1CSCCN1)Nc1cccc(NC(=O)c2ccccc2)c1. The van der Waals surface area contributed by atoms with Crippen LogP contribution < -0.4 is 16.0 Å². The first-order chi connectivity index (χ1) is 12.2. The van der Waals surface area contributed by atoms with E-state index in [1.807, 2.05) is 42.1 Å². The predicted octanol–water partition coefficient (Wildman–Crippen LogP) is 2.97. The molecule has 1 aliphatic rings. The number of rotatable bonds is 5. The molecule has 2 amide bonds. The van der Waals surface area contributed by atoms with Crippen molar-refractivity contribution in [3.63, 3.8) is 0 Å². The topological polar surface area (TPSA) is 70.2 Å². The van der Waals surface area contributed by atoms with Crippen molar-refractivity contribution in [2.24, 2.45) is 0 Å². The van der Waals surface area contributed by atoms with E-state index in [-0.39, 0.29) is 17.9 Å². The van der Waals surface area contributed by atoms with Crippen LogP contribution in [0, 0.1) is 0 Å². The van der Waals surface area contributed by atoms with Crippen LogP contribution in [0.5, 0.6) is 0 Å². The number of carbonyl (C=O) groups is 2. The number of hydrogen-bond donors (Lipinski definition) is 3. The van der Waals surface area contributed by atoms with Gasteiger partial charge >= 0.3 is 0 Å². The van der Waals surface area contributed by atoms with Gasteiger partial charge in [0.1, 0.15) is 0 Å². The third kappa shape index (κ3) is 5.34. The van der Waals surface area contributed by atoms with Crippen molar-refractivity contribution in [1.82, 2.24) is 5.32 Å². The third-order valence-corrected chi connectivity index (χ3v) is 5.00. The van der Waals surface area contributed by atoms with Gasteiger partial charge < -0.3 is 16.0 Å². The first kappa shape index (κ1) is 17.5. The summed E-state index contributed by atoms with van der Waals surface area (Å²) in [7, 11) is 0. The molecule has 2 aromatic rings. The van der Waals surface area contributed by atoms with Crippen LogP contribution in [0.4, 0.5) is 11.4 Å². The fraction of sp³-hybridized carbons (Fsp3) is 0.263. The van der Waals surface area contributed by atoms with Gasteiger partial charge in [-0.2, -0.15) is 11.8 Å². The van der Waals surface area contributed by atoms with Gasteiger partial charge in [0, 0.05) is 47.5 Å². The molecule has 25 heavy (non-hydrogen) atoms. The molecule has 0 radical (unpaired) electrons. The number of benzene rings is 2. The molecule has 3 rings (SSSR count). The van der Waals surface area contributed by atoms with Crippen LogP contribution in [0.3, 0.4) is 0 Å². The highest BCUT2D eigenvalue weighted by Gasteiger charge is 2.16. The minimum Gasteiger partial charge on any atom is -0.326 e. The maximum atomic E-state index is 12.2. The largest absolute Gasteiger partial charge is 0.326 e. The predicted molar refractivity (Wildman–Crippen MR) is 103 cm³/mol. The first-order valence-electron chi connectivity index (χ1n) is 8.28. The lowest BCUT2D eigenvalue weighted by atomic mass is 10.2. The summed E-state index contributed by atoms with van der Waals surface area (Å²) in [4.78, 5) is 24.4. The standard InChI is InChI=1S/C19H21N3O2S/c23-18(12-17-13-25-10-9-20-17)21-15-7-4-8-16(11-15)22-19(24)14-5-2-1-3-6-14/h1-8,11,17,20H,9-10,12-13H2,(H,21,23)(H,22,24). The van der Waals surface area contributed by atoms with Gasteiger partial charge in [-0.1, -0.05) is 24.3 Å². The van der Waals surface area contributed by atoms with Gasteiger partial charge in [-0.05, 0) is 30.3 Å². The zero-order valence-corrected chi connectivity index (χ0v) is 14.6. The average molecular weight is 355 g/mol. The number of thioether (sulfide) groups is 1. The second-order valence-electron chi connectivity index (χ2n) is 5.88. The molecule has 1 unspecified atom stereocenters. The van der Waals surface area contributed by atoms with E-state index >= 15 is 0 Å². The highest BCUT2D eigenvalue weighted by molar-refractivity contribution is 7.99. The quantitative estimate of drug-likeness (QED) is 0.771. The maximum Gasteiger partial charge on any atom is 0.255 e. The van der Waals surface area contributed by atoms with Gasteiger partial charge in [-0.3, -0.25) is 9.59 Å². The monoisotopic (exact) mass is 355 g/mol. The summed E-state index contributed by atoms with van der Waals surface area (Å²) in [6.07, 6.45) is 0.452. The first-order valence-corrected chi connectivity index (χ1v) is 9.43. The maximum absolute atomic E-state index is 12.2.